The molecule has 0 saturated carbocycles. The van der Waals surface area contributed by atoms with Crippen molar-refractivity contribution in [3.05, 3.63) is 29.8 Å². The van der Waals surface area contributed by atoms with E-state index in [1.54, 1.807) is 11.0 Å². The van der Waals surface area contributed by atoms with Crippen LogP contribution in [0.3, 0.4) is 0 Å². The minimum absolute atomic E-state index is 0. The maximum Gasteiger partial charge on any atom is 0.387 e. The van der Waals surface area contributed by atoms with Gasteiger partial charge in [0.05, 0.1) is 5.56 Å². The molecule has 2 aliphatic rings. The molecule has 1 aromatic rings. The highest BCUT2D eigenvalue weighted by molar-refractivity contribution is 6.00. The average Bonchev–Trinajstić information content (AvgIpc) is 3.11. The number of alkyl halides is 2. The summed E-state index contributed by atoms with van der Waals surface area (Å²) < 4.78 is 29.6. The van der Waals surface area contributed by atoms with Crippen molar-refractivity contribution in [1.29, 1.82) is 0 Å². The Kier molecular flexibility index (Phi) is 7.16. The first kappa shape index (κ1) is 20.4. The maximum atomic E-state index is 12.9. The fraction of sp³-hybridized carbons (Fsp3) is 0.529. The summed E-state index contributed by atoms with van der Waals surface area (Å²) in [5.41, 5.74) is 0.0582. The highest BCUT2D eigenvalue weighted by Crippen LogP contribution is 2.27. The summed E-state index contributed by atoms with van der Waals surface area (Å²) in [7, 11) is 0. The van der Waals surface area contributed by atoms with Gasteiger partial charge in [-0.3, -0.25) is 9.59 Å². The Morgan fingerprint density at radius 1 is 1.15 bits per heavy atom. The fourth-order valence-electron chi connectivity index (χ4n) is 3.36. The van der Waals surface area contributed by atoms with Gasteiger partial charge in [-0.05, 0) is 25.0 Å². The first-order valence-corrected chi connectivity index (χ1v) is 8.42. The van der Waals surface area contributed by atoms with Crippen LogP contribution in [0.5, 0.6) is 5.75 Å². The molecule has 0 spiro atoms. The largest absolute Gasteiger partial charge is 0.434 e. The number of carbonyl (C=O) groups is 2. The summed E-state index contributed by atoms with van der Waals surface area (Å²) in [6, 6.07) is 5.37. The molecule has 2 saturated heterocycles. The number of nitrogens with one attached hydrogen (secondary N) is 1. The summed E-state index contributed by atoms with van der Waals surface area (Å²) in [6.07, 6.45) is 1.30. The summed E-state index contributed by atoms with van der Waals surface area (Å²) in [5.74, 6) is -0.676. The molecule has 0 aliphatic carbocycles. The Balaban J connectivity index is 0.00000243. The summed E-state index contributed by atoms with van der Waals surface area (Å²) in [4.78, 5) is 28.9. The molecular formula is C17H22ClF2N3O3. The number of hydrogen-bond acceptors (Lipinski definition) is 4. The highest BCUT2D eigenvalue weighted by Gasteiger charge is 2.38. The summed E-state index contributed by atoms with van der Waals surface area (Å²) in [6.45, 7) is 0.121. The normalized spacial score (nSPS) is 20.0. The molecule has 144 valence electrons. The van der Waals surface area contributed by atoms with Gasteiger partial charge in [-0.25, -0.2) is 0 Å². The molecule has 2 heterocycles. The molecule has 2 fully saturated rings. The number of carbonyl (C=O) groups excluding carboxylic acids is 2. The molecule has 0 aromatic heterocycles. The predicted octanol–water partition coefficient (Wildman–Crippen LogP) is 1.75. The van der Waals surface area contributed by atoms with E-state index in [-0.39, 0.29) is 29.6 Å². The molecule has 1 atom stereocenters. The number of benzene rings is 1. The van der Waals surface area contributed by atoms with Crippen molar-refractivity contribution in [1.82, 2.24) is 15.1 Å². The molecule has 26 heavy (non-hydrogen) atoms. The van der Waals surface area contributed by atoms with Gasteiger partial charge in [-0.1, -0.05) is 12.1 Å². The van der Waals surface area contributed by atoms with Crippen LogP contribution < -0.4 is 10.1 Å². The number of hydrogen-bond donors (Lipinski definition) is 1. The first-order chi connectivity index (χ1) is 12.1. The number of piperazine rings is 1. The molecule has 2 aliphatic heterocycles. The maximum absolute atomic E-state index is 12.9. The van der Waals surface area contributed by atoms with E-state index >= 15 is 0 Å². The summed E-state index contributed by atoms with van der Waals surface area (Å²) in [5, 5.41) is 3.18. The third kappa shape index (κ3) is 4.42. The van der Waals surface area contributed by atoms with Crippen LogP contribution in [0.2, 0.25) is 0 Å². The third-order valence-corrected chi connectivity index (χ3v) is 4.56. The van der Waals surface area contributed by atoms with Crippen molar-refractivity contribution in [3.8, 4) is 5.75 Å². The average molecular weight is 390 g/mol. The standard InChI is InChI=1S/C17H21F2N3O3.ClH/c18-17(19)25-14-6-2-1-4-12(14)15(23)22-9-3-5-13(22)16(24)21-10-7-20-8-11-21;/h1-2,4,6,13,17,20H,3,5,7-11H2;1H. The van der Waals surface area contributed by atoms with E-state index in [1.165, 1.54) is 23.1 Å². The minimum Gasteiger partial charge on any atom is -0.434 e. The van der Waals surface area contributed by atoms with Gasteiger partial charge in [0.1, 0.15) is 11.8 Å². The molecular weight excluding hydrogens is 368 g/mol. The van der Waals surface area contributed by atoms with Gasteiger partial charge in [0, 0.05) is 32.7 Å². The third-order valence-electron chi connectivity index (χ3n) is 4.56. The minimum atomic E-state index is -3.01. The van der Waals surface area contributed by atoms with Gasteiger partial charge in [0.15, 0.2) is 0 Å². The van der Waals surface area contributed by atoms with Crippen LogP contribution in [-0.4, -0.2) is 67.0 Å². The van der Waals surface area contributed by atoms with Gasteiger partial charge in [0.25, 0.3) is 5.91 Å². The van der Waals surface area contributed by atoms with Gasteiger partial charge >= 0.3 is 6.61 Å². The molecule has 9 heteroatoms. The SMILES string of the molecule is Cl.O=C(C1CCCN1C(=O)c1ccccc1OC(F)F)N1CCNCC1. The lowest BCUT2D eigenvalue weighted by Crippen LogP contribution is -2.53. The number of ether oxygens (including phenoxy) is 1. The van der Waals surface area contributed by atoms with Crippen molar-refractivity contribution < 1.29 is 23.1 Å². The Morgan fingerprint density at radius 3 is 2.54 bits per heavy atom. The van der Waals surface area contributed by atoms with Crippen molar-refractivity contribution >= 4 is 24.2 Å². The molecule has 1 unspecified atom stereocenters. The molecule has 0 radical (unpaired) electrons. The van der Waals surface area contributed by atoms with E-state index in [2.05, 4.69) is 10.1 Å². The number of para-hydroxylation sites is 1. The second kappa shape index (κ2) is 9.14. The molecule has 0 bridgehead atoms. The first-order valence-electron chi connectivity index (χ1n) is 8.42. The lowest BCUT2D eigenvalue weighted by molar-refractivity contribution is -0.135. The zero-order valence-corrected chi connectivity index (χ0v) is 15.0. The number of nitrogens with zero attached hydrogens (tertiary/aromatic N) is 2. The van der Waals surface area contributed by atoms with E-state index < -0.39 is 18.6 Å². The quantitative estimate of drug-likeness (QED) is 0.852. The van der Waals surface area contributed by atoms with E-state index in [0.29, 0.717) is 32.5 Å². The zero-order chi connectivity index (χ0) is 17.8. The van der Waals surface area contributed by atoms with Crippen LogP contribution in [0.15, 0.2) is 24.3 Å². The van der Waals surface area contributed by atoms with Crippen LogP contribution in [0.4, 0.5) is 8.78 Å². The van der Waals surface area contributed by atoms with E-state index in [4.69, 9.17) is 0 Å². The smallest absolute Gasteiger partial charge is 0.387 e. The van der Waals surface area contributed by atoms with E-state index in [0.717, 1.165) is 13.1 Å². The topological polar surface area (TPSA) is 61.9 Å². The fourth-order valence-corrected chi connectivity index (χ4v) is 3.36. The zero-order valence-electron chi connectivity index (χ0n) is 14.2. The van der Waals surface area contributed by atoms with Crippen LogP contribution in [0.25, 0.3) is 0 Å². The van der Waals surface area contributed by atoms with Gasteiger partial charge in [-0.15, -0.1) is 12.4 Å². The summed E-state index contributed by atoms with van der Waals surface area (Å²) >= 11 is 0. The van der Waals surface area contributed by atoms with Crippen LogP contribution >= 0.6 is 12.4 Å². The molecule has 2 amide bonds. The van der Waals surface area contributed by atoms with Crippen molar-refractivity contribution in [2.45, 2.75) is 25.5 Å². The van der Waals surface area contributed by atoms with E-state index in [9.17, 15) is 18.4 Å². The van der Waals surface area contributed by atoms with Crippen LogP contribution in [-0.2, 0) is 4.79 Å². The van der Waals surface area contributed by atoms with Crippen molar-refractivity contribution in [2.24, 2.45) is 0 Å². The Morgan fingerprint density at radius 2 is 1.85 bits per heavy atom. The van der Waals surface area contributed by atoms with Crippen molar-refractivity contribution in [2.75, 3.05) is 32.7 Å². The van der Waals surface area contributed by atoms with Gasteiger partial charge in [0.2, 0.25) is 5.91 Å². The lowest BCUT2D eigenvalue weighted by atomic mass is 10.1. The van der Waals surface area contributed by atoms with Crippen molar-refractivity contribution in [3.63, 3.8) is 0 Å². The Labute approximate surface area is 156 Å². The predicted molar refractivity (Wildman–Crippen MR) is 93.8 cm³/mol. The van der Waals surface area contributed by atoms with E-state index in [1.807, 2.05) is 0 Å². The lowest BCUT2D eigenvalue weighted by Gasteiger charge is -2.33. The van der Waals surface area contributed by atoms with Crippen LogP contribution in [0.1, 0.15) is 23.2 Å². The van der Waals surface area contributed by atoms with Gasteiger partial charge in [-0.2, -0.15) is 8.78 Å². The van der Waals surface area contributed by atoms with Gasteiger partial charge < -0.3 is 19.9 Å². The monoisotopic (exact) mass is 389 g/mol. The molecule has 1 aromatic carbocycles. The Bertz CT molecular complexity index is 641. The second-order valence-electron chi connectivity index (χ2n) is 6.11. The Hall–Kier alpha value is -1.93. The van der Waals surface area contributed by atoms with Crippen LogP contribution in [0, 0.1) is 0 Å². The number of halogens is 3. The number of amides is 2. The highest BCUT2D eigenvalue weighted by atomic mass is 35.5. The number of likely N-dealkylation sites (tertiary alicyclic amines) is 1. The molecule has 1 N–H and O–H groups in total. The second-order valence-corrected chi connectivity index (χ2v) is 6.11. The number of rotatable bonds is 4. The molecule has 6 nitrogen and oxygen atoms in total. The molecule has 3 rings (SSSR count).